The lowest BCUT2D eigenvalue weighted by atomic mass is 9.71. The fraction of sp³-hybridized carbons (Fsp3) is 0.562. The Bertz CT molecular complexity index is 479. The molecule has 2 rings (SSSR count). The first-order chi connectivity index (χ1) is 9.47. The molecule has 1 saturated carbocycles. The maximum absolute atomic E-state index is 13.9. The van der Waals surface area contributed by atoms with Crippen molar-refractivity contribution in [2.45, 2.75) is 38.6 Å². The number of rotatable bonds is 3. The molecule has 0 spiro atoms. The van der Waals surface area contributed by atoms with Crippen LogP contribution in [0.5, 0.6) is 0 Å². The van der Waals surface area contributed by atoms with Crippen molar-refractivity contribution in [1.82, 2.24) is 0 Å². The molecule has 0 bridgehead atoms. The first-order valence-corrected chi connectivity index (χ1v) is 7.08. The fourth-order valence-corrected chi connectivity index (χ4v) is 3.46. The third-order valence-electron chi connectivity index (χ3n) is 4.02. The second-order valence-corrected chi connectivity index (χ2v) is 6.03. The summed E-state index contributed by atoms with van der Waals surface area (Å²) in [5, 5.41) is 3.12. The summed E-state index contributed by atoms with van der Waals surface area (Å²) in [4.78, 5) is 12.3. The average molecular weight is 279 g/mol. The van der Waals surface area contributed by atoms with E-state index in [9.17, 15) is 9.18 Å². The summed E-state index contributed by atoms with van der Waals surface area (Å²) in [7, 11) is 1.39. The van der Waals surface area contributed by atoms with Crippen LogP contribution >= 0.6 is 0 Å². The minimum absolute atomic E-state index is 0.306. The lowest BCUT2D eigenvalue weighted by Gasteiger charge is -2.41. The third kappa shape index (κ3) is 2.94. The summed E-state index contributed by atoms with van der Waals surface area (Å²) in [6, 6.07) is 6.44. The third-order valence-corrected chi connectivity index (χ3v) is 4.02. The molecule has 0 saturated heterocycles. The van der Waals surface area contributed by atoms with Gasteiger partial charge in [0, 0.05) is 0 Å². The van der Waals surface area contributed by atoms with Crippen LogP contribution < -0.4 is 5.32 Å². The van der Waals surface area contributed by atoms with E-state index in [4.69, 9.17) is 4.74 Å². The van der Waals surface area contributed by atoms with Crippen molar-refractivity contribution >= 4 is 11.7 Å². The van der Waals surface area contributed by atoms with E-state index in [1.807, 2.05) is 0 Å². The normalized spacial score (nSPS) is 29.8. The highest BCUT2D eigenvalue weighted by Gasteiger charge is 2.45. The molecule has 1 aliphatic carbocycles. The number of hydrogen-bond acceptors (Lipinski definition) is 3. The van der Waals surface area contributed by atoms with Crippen LogP contribution in [0.25, 0.3) is 0 Å². The number of benzene rings is 1. The molecule has 0 heterocycles. The van der Waals surface area contributed by atoms with E-state index in [1.54, 1.807) is 18.2 Å². The molecular weight excluding hydrogens is 257 g/mol. The summed E-state index contributed by atoms with van der Waals surface area (Å²) >= 11 is 0. The number of ether oxygens (including phenoxy) is 1. The number of carbonyl (C=O) groups is 1. The Morgan fingerprint density at radius 3 is 2.45 bits per heavy atom. The van der Waals surface area contributed by atoms with Gasteiger partial charge in [0.1, 0.15) is 11.4 Å². The van der Waals surface area contributed by atoms with Crippen molar-refractivity contribution in [3.63, 3.8) is 0 Å². The zero-order valence-corrected chi connectivity index (χ0v) is 12.3. The number of methoxy groups -OCH3 is 1. The molecule has 1 aliphatic rings. The molecule has 1 aromatic rings. The van der Waals surface area contributed by atoms with Gasteiger partial charge < -0.3 is 10.1 Å². The Kier molecular flexibility index (Phi) is 4.31. The Labute approximate surface area is 119 Å². The Morgan fingerprint density at radius 2 is 1.90 bits per heavy atom. The van der Waals surface area contributed by atoms with Crippen LogP contribution in [0.1, 0.15) is 33.1 Å². The average Bonchev–Trinajstić information content (AvgIpc) is 2.39. The Morgan fingerprint density at radius 1 is 1.30 bits per heavy atom. The maximum Gasteiger partial charge on any atom is 0.331 e. The number of halogens is 1. The summed E-state index contributed by atoms with van der Waals surface area (Å²) in [5.74, 6) is 0.148. The van der Waals surface area contributed by atoms with E-state index >= 15 is 0 Å². The zero-order valence-electron chi connectivity index (χ0n) is 12.3. The van der Waals surface area contributed by atoms with Crippen molar-refractivity contribution in [3.8, 4) is 0 Å². The maximum atomic E-state index is 13.9. The van der Waals surface area contributed by atoms with Gasteiger partial charge in [0.05, 0.1) is 12.8 Å². The molecule has 0 aliphatic heterocycles. The summed E-state index contributed by atoms with van der Waals surface area (Å²) in [5.41, 5.74) is -0.465. The van der Waals surface area contributed by atoms with Gasteiger partial charge in [-0.1, -0.05) is 26.0 Å². The predicted molar refractivity (Wildman–Crippen MR) is 76.9 cm³/mol. The van der Waals surface area contributed by atoms with Crippen molar-refractivity contribution in [2.24, 2.45) is 11.8 Å². The van der Waals surface area contributed by atoms with Gasteiger partial charge in [0.15, 0.2) is 0 Å². The highest BCUT2D eigenvalue weighted by atomic mass is 19.1. The van der Waals surface area contributed by atoms with Crippen molar-refractivity contribution in [1.29, 1.82) is 0 Å². The molecular formula is C16H22FNO2. The molecule has 20 heavy (non-hydrogen) atoms. The fourth-order valence-electron chi connectivity index (χ4n) is 3.46. The first-order valence-electron chi connectivity index (χ1n) is 7.08. The van der Waals surface area contributed by atoms with E-state index < -0.39 is 5.54 Å². The molecule has 1 N–H and O–H groups in total. The van der Waals surface area contributed by atoms with Gasteiger partial charge in [0.25, 0.3) is 0 Å². The molecule has 1 aromatic carbocycles. The van der Waals surface area contributed by atoms with Crippen molar-refractivity contribution < 1.29 is 13.9 Å². The van der Waals surface area contributed by atoms with Crippen LogP contribution in [-0.4, -0.2) is 18.6 Å². The van der Waals surface area contributed by atoms with Gasteiger partial charge in [-0.2, -0.15) is 0 Å². The van der Waals surface area contributed by atoms with Gasteiger partial charge >= 0.3 is 5.97 Å². The monoisotopic (exact) mass is 279 g/mol. The zero-order chi connectivity index (χ0) is 14.8. The van der Waals surface area contributed by atoms with Gasteiger partial charge in [-0.05, 0) is 43.2 Å². The lowest BCUT2D eigenvalue weighted by molar-refractivity contribution is -0.148. The molecule has 1 fully saturated rings. The molecule has 2 atom stereocenters. The predicted octanol–water partition coefficient (Wildman–Crippen LogP) is 3.61. The molecule has 0 amide bonds. The Hall–Kier alpha value is -1.58. The number of esters is 1. The SMILES string of the molecule is COC(=O)C1(Nc2ccccc2F)CC(C)CC(C)C1. The van der Waals surface area contributed by atoms with Gasteiger partial charge in [-0.3, -0.25) is 0 Å². The largest absolute Gasteiger partial charge is 0.467 e. The molecule has 4 heteroatoms. The van der Waals surface area contributed by atoms with E-state index in [0.717, 1.165) is 6.42 Å². The van der Waals surface area contributed by atoms with Gasteiger partial charge in [-0.25, -0.2) is 9.18 Å². The van der Waals surface area contributed by atoms with Crippen LogP contribution in [0.15, 0.2) is 24.3 Å². The van der Waals surface area contributed by atoms with Crippen LogP contribution in [0.3, 0.4) is 0 Å². The minimum atomic E-state index is -0.825. The highest BCUT2D eigenvalue weighted by molar-refractivity contribution is 5.84. The van der Waals surface area contributed by atoms with Crippen LogP contribution in [-0.2, 0) is 9.53 Å². The molecule has 110 valence electrons. The van der Waals surface area contributed by atoms with Gasteiger partial charge in [-0.15, -0.1) is 0 Å². The standard InChI is InChI=1S/C16H22FNO2/c1-11-8-12(2)10-16(9-11,15(19)20-3)18-14-7-5-4-6-13(14)17/h4-7,11-12,18H,8-10H2,1-3H3. The van der Waals surface area contributed by atoms with Crippen LogP contribution in [0, 0.1) is 17.7 Å². The van der Waals surface area contributed by atoms with Crippen molar-refractivity contribution in [3.05, 3.63) is 30.1 Å². The Balaban J connectivity index is 2.33. The second-order valence-electron chi connectivity index (χ2n) is 6.03. The van der Waals surface area contributed by atoms with Gasteiger partial charge in [0.2, 0.25) is 0 Å². The quantitative estimate of drug-likeness (QED) is 0.859. The number of hydrogen-bond donors (Lipinski definition) is 1. The van der Waals surface area contributed by atoms with E-state index in [2.05, 4.69) is 19.2 Å². The van der Waals surface area contributed by atoms with E-state index in [-0.39, 0.29) is 11.8 Å². The van der Waals surface area contributed by atoms with E-state index in [0.29, 0.717) is 30.4 Å². The summed E-state index contributed by atoms with van der Waals surface area (Å²) in [6.45, 7) is 4.24. The number of anilines is 1. The molecule has 2 unspecified atom stereocenters. The van der Waals surface area contributed by atoms with E-state index in [1.165, 1.54) is 13.2 Å². The molecule has 0 radical (unpaired) electrons. The topological polar surface area (TPSA) is 38.3 Å². The minimum Gasteiger partial charge on any atom is -0.467 e. The van der Waals surface area contributed by atoms with Crippen LogP contribution in [0.4, 0.5) is 10.1 Å². The summed E-state index contributed by atoms with van der Waals surface area (Å²) in [6.07, 6.45) is 2.41. The highest BCUT2D eigenvalue weighted by Crippen LogP contribution is 2.39. The number of nitrogens with one attached hydrogen (secondary N) is 1. The first kappa shape index (κ1) is 14.8. The lowest BCUT2D eigenvalue weighted by Crippen LogP contribution is -2.52. The molecule has 0 aromatic heterocycles. The van der Waals surface area contributed by atoms with Crippen molar-refractivity contribution in [2.75, 3.05) is 12.4 Å². The summed E-state index contributed by atoms with van der Waals surface area (Å²) < 4.78 is 18.8. The number of carbonyl (C=O) groups excluding carboxylic acids is 1. The smallest absolute Gasteiger partial charge is 0.331 e. The molecule has 3 nitrogen and oxygen atoms in total. The second kappa shape index (κ2) is 5.81. The van der Waals surface area contributed by atoms with Crippen LogP contribution in [0.2, 0.25) is 0 Å². The number of para-hydroxylation sites is 1.